The highest BCUT2D eigenvalue weighted by Crippen LogP contribution is 2.34. The third-order valence-electron chi connectivity index (χ3n) is 4.41. The molecule has 2 N–H and O–H groups in total. The van der Waals surface area contributed by atoms with E-state index in [2.05, 4.69) is 25.6 Å². The van der Waals surface area contributed by atoms with Crippen molar-refractivity contribution in [2.45, 2.75) is 6.92 Å². The average Bonchev–Trinajstić information content (AvgIpc) is 3.10. The maximum Gasteiger partial charge on any atom is 0.281 e. The summed E-state index contributed by atoms with van der Waals surface area (Å²) < 4.78 is 14.4. The van der Waals surface area contributed by atoms with Crippen molar-refractivity contribution in [1.82, 2.24) is 15.3 Å². The van der Waals surface area contributed by atoms with Crippen LogP contribution in [0.15, 0.2) is 47.6 Å². The number of benzene rings is 1. The van der Waals surface area contributed by atoms with Crippen molar-refractivity contribution in [3.8, 4) is 11.3 Å². The topological polar surface area (TPSA) is 96.3 Å². The molecule has 9 heteroatoms. The fourth-order valence-corrected chi connectivity index (χ4v) is 3.30. The molecule has 3 heterocycles. The van der Waals surface area contributed by atoms with E-state index >= 15 is 0 Å². The van der Waals surface area contributed by atoms with Crippen molar-refractivity contribution < 1.29 is 14.0 Å². The highest BCUT2D eigenvalue weighted by Gasteiger charge is 2.25. The summed E-state index contributed by atoms with van der Waals surface area (Å²) in [7, 11) is 0. The molecular weight excluding hydrogens is 409 g/mol. The number of halogens is 2. The van der Waals surface area contributed by atoms with Crippen molar-refractivity contribution >= 4 is 41.1 Å². The lowest BCUT2D eigenvalue weighted by atomic mass is 10.1. The Morgan fingerprint density at radius 2 is 2.03 bits per heavy atom. The SMILES string of the molecule is CCNC(=O)c1ccc(Nc2cc(-c3c(F)cccc3Cl)nc3c2C(=O)N=C3)nc1. The summed E-state index contributed by atoms with van der Waals surface area (Å²) in [6.45, 7) is 2.33. The molecule has 0 bridgehead atoms. The first kappa shape index (κ1) is 19.7. The minimum atomic E-state index is -0.536. The van der Waals surface area contributed by atoms with Crippen LogP contribution in [0.2, 0.25) is 5.02 Å². The fraction of sp³-hybridized carbons (Fsp3) is 0.0952. The second-order valence-corrected chi connectivity index (χ2v) is 6.80. The molecule has 0 fully saturated rings. The van der Waals surface area contributed by atoms with E-state index in [0.717, 1.165) is 0 Å². The van der Waals surface area contributed by atoms with Crippen LogP contribution in [-0.2, 0) is 0 Å². The number of nitrogens with zero attached hydrogens (tertiary/aromatic N) is 3. The molecular formula is C21H15ClFN5O2. The summed E-state index contributed by atoms with van der Waals surface area (Å²) in [5.74, 6) is -0.847. The summed E-state index contributed by atoms with van der Waals surface area (Å²) in [5.41, 5.74) is 1.69. The smallest absolute Gasteiger partial charge is 0.281 e. The summed E-state index contributed by atoms with van der Waals surface area (Å²) in [6, 6.07) is 9.07. The minimum absolute atomic E-state index is 0.123. The molecule has 1 aliphatic rings. The second kappa shape index (κ2) is 8.00. The van der Waals surface area contributed by atoms with Crippen molar-refractivity contribution in [2.24, 2.45) is 4.99 Å². The average molecular weight is 424 g/mol. The van der Waals surface area contributed by atoms with Gasteiger partial charge in [-0.25, -0.2) is 19.4 Å². The number of amides is 2. The molecule has 0 unspecified atom stereocenters. The van der Waals surface area contributed by atoms with Gasteiger partial charge < -0.3 is 10.6 Å². The molecule has 0 aliphatic carbocycles. The van der Waals surface area contributed by atoms with Crippen LogP contribution in [0.25, 0.3) is 11.3 Å². The zero-order chi connectivity index (χ0) is 21.3. The first-order valence-electron chi connectivity index (χ1n) is 9.07. The van der Waals surface area contributed by atoms with E-state index in [1.807, 2.05) is 6.92 Å². The maximum atomic E-state index is 14.4. The Morgan fingerprint density at radius 3 is 2.73 bits per heavy atom. The lowest BCUT2D eigenvalue weighted by Crippen LogP contribution is -2.22. The van der Waals surface area contributed by atoms with E-state index in [1.54, 1.807) is 18.2 Å². The van der Waals surface area contributed by atoms with Gasteiger partial charge in [0.2, 0.25) is 0 Å². The van der Waals surface area contributed by atoms with Gasteiger partial charge in [0.15, 0.2) is 0 Å². The van der Waals surface area contributed by atoms with Gasteiger partial charge in [-0.3, -0.25) is 9.59 Å². The second-order valence-electron chi connectivity index (χ2n) is 6.39. The molecule has 150 valence electrons. The Morgan fingerprint density at radius 1 is 1.20 bits per heavy atom. The lowest BCUT2D eigenvalue weighted by molar-refractivity contribution is 0.0954. The van der Waals surface area contributed by atoms with E-state index in [-0.39, 0.29) is 27.8 Å². The van der Waals surface area contributed by atoms with Crippen LogP contribution in [0.3, 0.4) is 0 Å². The molecule has 2 aromatic heterocycles. The number of nitrogens with one attached hydrogen (secondary N) is 2. The predicted octanol–water partition coefficient (Wildman–Crippen LogP) is 4.00. The van der Waals surface area contributed by atoms with Gasteiger partial charge in [-0.2, -0.15) is 0 Å². The number of carbonyl (C=O) groups is 2. The number of aliphatic imine (C=N–C) groups is 1. The van der Waals surface area contributed by atoms with E-state index in [4.69, 9.17) is 11.6 Å². The van der Waals surface area contributed by atoms with E-state index in [9.17, 15) is 14.0 Å². The highest BCUT2D eigenvalue weighted by atomic mass is 35.5. The van der Waals surface area contributed by atoms with Gasteiger partial charge in [-0.15, -0.1) is 0 Å². The number of anilines is 2. The largest absolute Gasteiger partial charge is 0.352 e. The van der Waals surface area contributed by atoms with Crippen molar-refractivity contribution in [3.05, 3.63) is 70.3 Å². The Kier molecular flexibility index (Phi) is 5.24. The molecule has 4 rings (SSSR count). The van der Waals surface area contributed by atoms with Gasteiger partial charge in [0.25, 0.3) is 11.8 Å². The minimum Gasteiger partial charge on any atom is -0.352 e. The number of fused-ring (bicyclic) bond motifs is 1. The number of pyridine rings is 2. The van der Waals surface area contributed by atoms with Gasteiger partial charge in [-0.05, 0) is 37.3 Å². The highest BCUT2D eigenvalue weighted by molar-refractivity contribution is 6.33. The number of carbonyl (C=O) groups excluding carboxylic acids is 2. The Balaban J connectivity index is 1.74. The summed E-state index contributed by atoms with van der Waals surface area (Å²) in [6.07, 6.45) is 2.74. The van der Waals surface area contributed by atoms with E-state index in [0.29, 0.717) is 29.3 Å². The number of rotatable bonds is 5. The van der Waals surface area contributed by atoms with Crippen molar-refractivity contribution in [3.63, 3.8) is 0 Å². The molecule has 1 aromatic carbocycles. The van der Waals surface area contributed by atoms with Gasteiger partial charge in [0.1, 0.15) is 11.6 Å². The van der Waals surface area contributed by atoms with Crippen LogP contribution in [0.1, 0.15) is 33.3 Å². The molecule has 1 aliphatic heterocycles. The summed E-state index contributed by atoms with van der Waals surface area (Å²) in [5, 5.41) is 5.92. The maximum absolute atomic E-state index is 14.4. The van der Waals surface area contributed by atoms with Crippen molar-refractivity contribution in [1.29, 1.82) is 0 Å². The zero-order valence-electron chi connectivity index (χ0n) is 15.7. The lowest BCUT2D eigenvalue weighted by Gasteiger charge is -2.13. The van der Waals surface area contributed by atoms with Crippen LogP contribution in [0.5, 0.6) is 0 Å². The Bertz CT molecular complexity index is 1170. The van der Waals surface area contributed by atoms with Crippen LogP contribution in [-0.4, -0.2) is 34.5 Å². The molecule has 7 nitrogen and oxygen atoms in total. The first-order chi connectivity index (χ1) is 14.5. The van der Waals surface area contributed by atoms with Gasteiger partial charge in [-0.1, -0.05) is 17.7 Å². The monoisotopic (exact) mass is 423 g/mol. The molecule has 0 atom stereocenters. The van der Waals surface area contributed by atoms with E-state index < -0.39 is 11.7 Å². The van der Waals surface area contributed by atoms with Gasteiger partial charge in [0.05, 0.1) is 45.0 Å². The van der Waals surface area contributed by atoms with Gasteiger partial charge in [0, 0.05) is 12.7 Å². The molecule has 0 saturated carbocycles. The molecule has 0 spiro atoms. The third kappa shape index (κ3) is 3.65. The van der Waals surface area contributed by atoms with Crippen LogP contribution in [0, 0.1) is 5.82 Å². The summed E-state index contributed by atoms with van der Waals surface area (Å²) in [4.78, 5) is 36.5. The summed E-state index contributed by atoms with van der Waals surface area (Å²) >= 11 is 6.18. The molecule has 0 saturated heterocycles. The normalized spacial score (nSPS) is 12.0. The Labute approximate surface area is 176 Å². The Hall–Kier alpha value is -3.65. The van der Waals surface area contributed by atoms with Crippen molar-refractivity contribution in [2.75, 3.05) is 11.9 Å². The number of hydrogen-bond donors (Lipinski definition) is 2. The van der Waals surface area contributed by atoms with Crippen LogP contribution >= 0.6 is 11.6 Å². The molecule has 0 radical (unpaired) electrons. The van der Waals surface area contributed by atoms with Crippen LogP contribution in [0.4, 0.5) is 15.9 Å². The number of aromatic nitrogens is 2. The van der Waals surface area contributed by atoms with E-state index in [1.165, 1.54) is 30.6 Å². The molecule has 30 heavy (non-hydrogen) atoms. The van der Waals surface area contributed by atoms with Gasteiger partial charge >= 0.3 is 0 Å². The molecule has 3 aromatic rings. The zero-order valence-corrected chi connectivity index (χ0v) is 16.5. The molecule has 2 amide bonds. The van der Waals surface area contributed by atoms with Crippen LogP contribution < -0.4 is 10.6 Å². The predicted molar refractivity (Wildman–Crippen MR) is 112 cm³/mol. The standard InChI is InChI=1S/C21H15ClFN5O2/c1-2-24-20(29)11-6-7-17(25-9-11)28-15-8-14(18-12(22)4-3-5-13(18)23)27-16-10-26-21(30)19(15)16/h3-10H,2H2,1H3,(H,24,29)(H,25,27,28). The fourth-order valence-electron chi connectivity index (χ4n) is 3.04. The quantitative estimate of drug-likeness (QED) is 0.646. The third-order valence-corrected chi connectivity index (χ3v) is 4.73. The number of hydrogen-bond acceptors (Lipinski definition) is 5. The first-order valence-corrected chi connectivity index (χ1v) is 9.45.